The first-order chi connectivity index (χ1) is 11.4. The summed E-state index contributed by atoms with van der Waals surface area (Å²) in [5.41, 5.74) is -0.184. The maximum atomic E-state index is 12.8. The zero-order valence-corrected chi connectivity index (χ0v) is 15.6. The second kappa shape index (κ2) is 6.61. The summed E-state index contributed by atoms with van der Waals surface area (Å²) in [6.45, 7) is 2.43. The molecule has 3 rings (SSSR count). The fourth-order valence-corrected chi connectivity index (χ4v) is 3.77. The van der Waals surface area contributed by atoms with Crippen molar-refractivity contribution >= 4 is 38.4 Å². The summed E-state index contributed by atoms with van der Waals surface area (Å²) in [6.07, 6.45) is 2.12. The highest BCUT2D eigenvalue weighted by molar-refractivity contribution is 9.10. The van der Waals surface area contributed by atoms with Gasteiger partial charge in [-0.15, -0.1) is 11.3 Å². The quantitative estimate of drug-likeness (QED) is 0.625. The summed E-state index contributed by atoms with van der Waals surface area (Å²) < 4.78 is 4.67. The Hall–Kier alpha value is -1.78. The number of aliphatic hydroxyl groups excluding tert-OH is 1. The summed E-state index contributed by atoms with van der Waals surface area (Å²) in [5.74, 6) is 0. The molecular formula is C14H16BrN5O3S. The molecule has 0 aliphatic carbocycles. The minimum absolute atomic E-state index is 0.0883. The minimum atomic E-state index is -0.441. The van der Waals surface area contributed by atoms with Gasteiger partial charge in [0.2, 0.25) is 0 Å². The molecule has 0 saturated carbocycles. The van der Waals surface area contributed by atoms with Crippen molar-refractivity contribution in [1.82, 2.24) is 23.7 Å². The summed E-state index contributed by atoms with van der Waals surface area (Å²) >= 11 is 4.91. The van der Waals surface area contributed by atoms with Gasteiger partial charge >= 0.3 is 5.69 Å². The number of hydrogen-bond acceptors (Lipinski definition) is 6. The molecular weight excluding hydrogens is 398 g/mol. The van der Waals surface area contributed by atoms with Crippen LogP contribution in [0, 0.1) is 6.92 Å². The molecule has 3 aromatic rings. The van der Waals surface area contributed by atoms with Gasteiger partial charge in [-0.3, -0.25) is 13.9 Å². The van der Waals surface area contributed by atoms with Crippen molar-refractivity contribution in [3.8, 4) is 0 Å². The van der Waals surface area contributed by atoms with Gasteiger partial charge in [-0.2, -0.15) is 0 Å². The van der Waals surface area contributed by atoms with E-state index in [9.17, 15) is 9.59 Å². The van der Waals surface area contributed by atoms with Crippen molar-refractivity contribution in [1.29, 1.82) is 0 Å². The Morgan fingerprint density at radius 1 is 1.33 bits per heavy atom. The number of halogens is 1. The molecule has 0 radical (unpaired) electrons. The monoisotopic (exact) mass is 413 g/mol. The van der Waals surface area contributed by atoms with Gasteiger partial charge in [-0.25, -0.2) is 14.8 Å². The lowest BCUT2D eigenvalue weighted by atomic mass is 10.4. The van der Waals surface area contributed by atoms with Crippen LogP contribution in [0.25, 0.3) is 11.2 Å². The number of thiazole rings is 1. The number of fused-ring (bicyclic) bond motifs is 1. The highest BCUT2D eigenvalue weighted by atomic mass is 79.9. The Bertz CT molecular complexity index is 1020. The van der Waals surface area contributed by atoms with Crippen molar-refractivity contribution in [3.63, 3.8) is 0 Å². The van der Waals surface area contributed by atoms with Gasteiger partial charge in [0, 0.05) is 31.3 Å². The molecule has 0 saturated heterocycles. The van der Waals surface area contributed by atoms with Gasteiger partial charge in [0.15, 0.2) is 15.9 Å². The van der Waals surface area contributed by atoms with E-state index in [4.69, 9.17) is 5.11 Å². The first-order valence-corrected chi connectivity index (χ1v) is 8.92. The van der Waals surface area contributed by atoms with Crippen LogP contribution in [-0.4, -0.2) is 35.4 Å². The van der Waals surface area contributed by atoms with Crippen molar-refractivity contribution in [3.05, 3.63) is 41.7 Å². The van der Waals surface area contributed by atoms with Crippen molar-refractivity contribution in [2.24, 2.45) is 7.05 Å². The van der Waals surface area contributed by atoms with Crippen LogP contribution in [0.3, 0.4) is 0 Å². The zero-order valence-electron chi connectivity index (χ0n) is 13.2. The largest absolute Gasteiger partial charge is 0.396 e. The summed E-state index contributed by atoms with van der Waals surface area (Å²) in [7, 11) is 1.58. The molecule has 0 aliphatic rings. The average Bonchev–Trinajstić information content (AvgIpc) is 3.10. The van der Waals surface area contributed by atoms with Crippen LogP contribution in [0.4, 0.5) is 0 Å². The number of imidazole rings is 1. The fourth-order valence-electron chi connectivity index (χ4n) is 2.53. The Morgan fingerprint density at radius 3 is 2.71 bits per heavy atom. The van der Waals surface area contributed by atoms with Gasteiger partial charge in [0.25, 0.3) is 5.56 Å². The standard InChI is InChI=1S/C14H16BrN5O3S/c1-8-6-16-9(24-8)7-20-10-11(17-13(20)15)18(2)14(23)19(12(10)22)4-3-5-21/h6,21H,3-5,7H2,1-2H3. The normalized spacial score (nSPS) is 11.5. The fraction of sp³-hybridized carbons (Fsp3) is 0.429. The second-order valence-corrected chi connectivity index (χ2v) is 7.41. The molecule has 3 heterocycles. The molecule has 0 fully saturated rings. The summed E-state index contributed by atoms with van der Waals surface area (Å²) in [5, 5.41) is 9.84. The van der Waals surface area contributed by atoms with Crippen LogP contribution in [0.5, 0.6) is 0 Å². The predicted octanol–water partition coefficient (Wildman–Crippen LogP) is 0.855. The molecule has 0 atom stereocenters. The SMILES string of the molecule is Cc1cnc(Cn2c(Br)nc3c2c(=O)n(CCCO)c(=O)n3C)s1. The third kappa shape index (κ3) is 2.85. The number of aliphatic hydroxyl groups is 1. The lowest BCUT2D eigenvalue weighted by Crippen LogP contribution is -2.39. The maximum Gasteiger partial charge on any atom is 0.332 e. The van der Waals surface area contributed by atoms with E-state index in [0.717, 1.165) is 14.5 Å². The predicted molar refractivity (Wildman–Crippen MR) is 94.6 cm³/mol. The lowest BCUT2D eigenvalue weighted by molar-refractivity contribution is 0.277. The number of aromatic nitrogens is 5. The van der Waals surface area contributed by atoms with Crippen molar-refractivity contribution in [2.45, 2.75) is 26.4 Å². The number of rotatable bonds is 5. The summed E-state index contributed by atoms with van der Waals surface area (Å²) in [4.78, 5) is 34.9. The second-order valence-electron chi connectivity index (χ2n) is 5.38. The average molecular weight is 414 g/mol. The van der Waals surface area contributed by atoms with Crippen LogP contribution >= 0.6 is 27.3 Å². The molecule has 3 aromatic heterocycles. The van der Waals surface area contributed by atoms with E-state index in [-0.39, 0.29) is 13.2 Å². The molecule has 1 N–H and O–H groups in total. The lowest BCUT2D eigenvalue weighted by Gasteiger charge is -2.09. The molecule has 0 bridgehead atoms. The number of nitrogens with zero attached hydrogens (tertiary/aromatic N) is 5. The third-order valence-corrected chi connectivity index (χ3v) is 5.19. The van der Waals surface area contributed by atoms with Gasteiger partial charge < -0.3 is 9.67 Å². The topological polar surface area (TPSA) is 94.9 Å². The number of hydrogen-bond donors (Lipinski definition) is 1. The molecule has 10 heteroatoms. The third-order valence-electron chi connectivity index (χ3n) is 3.69. The summed E-state index contributed by atoms with van der Waals surface area (Å²) in [6, 6.07) is 0. The molecule has 8 nitrogen and oxygen atoms in total. The molecule has 0 unspecified atom stereocenters. The van der Waals surface area contributed by atoms with E-state index >= 15 is 0 Å². The molecule has 24 heavy (non-hydrogen) atoms. The van der Waals surface area contributed by atoms with Gasteiger partial charge in [-0.1, -0.05) is 0 Å². The van der Waals surface area contributed by atoms with E-state index < -0.39 is 11.2 Å². The Morgan fingerprint density at radius 2 is 2.08 bits per heavy atom. The van der Waals surface area contributed by atoms with E-state index in [0.29, 0.717) is 28.9 Å². The first-order valence-electron chi connectivity index (χ1n) is 7.31. The van der Waals surface area contributed by atoms with Crippen LogP contribution in [0.1, 0.15) is 16.3 Å². The van der Waals surface area contributed by atoms with Crippen LogP contribution < -0.4 is 11.2 Å². The van der Waals surface area contributed by atoms with E-state index in [1.54, 1.807) is 29.1 Å². The van der Waals surface area contributed by atoms with Crippen molar-refractivity contribution in [2.75, 3.05) is 6.61 Å². The number of aryl methyl sites for hydroxylation is 2. The molecule has 128 valence electrons. The molecule has 0 amide bonds. The molecule has 0 aromatic carbocycles. The first kappa shape index (κ1) is 17.1. The van der Waals surface area contributed by atoms with Crippen LogP contribution in [0.15, 0.2) is 20.5 Å². The Labute approximate surface area is 149 Å². The smallest absolute Gasteiger partial charge is 0.332 e. The zero-order chi connectivity index (χ0) is 17.4. The Kier molecular flexibility index (Phi) is 4.70. The van der Waals surface area contributed by atoms with E-state index in [1.807, 2.05) is 6.92 Å². The Balaban J connectivity index is 2.23. The van der Waals surface area contributed by atoms with Crippen LogP contribution in [-0.2, 0) is 20.1 Å². The van der Waals surface area contributed by atoms with Crippen LogP contribution in [0.2, 0.25) is 0 Å². The van der Waals surface area contributed by atoms with Gasteiger partial charge in [0.1, 0.15) is 5.01 Å². The highest BCUT2D eigenvalue weighted by Crippen LogP contribution is 2.20. The minimum Gasteiger partial charge on any atom is -0.396 e. The molecule has 0 aliphatic heterocycles. The van der Waals surface area contributed by atoms with Gasteiger partial charge in [-0.05, 0) is 29.3 Å². The maximum absolute atomic E-state index is 12.8. The van der Waals surface area contributed by atoms with E-state index in [2.05, 4.69) is 25.9 Å². The highest BCUT2D eigenvalue weighted by Gasteiger charge is 2.19. The molecule has 0 spiro atoms. The van der Waals surface area contributed by atoms with Gasteiger partial charge in [0.05, 0.1) is 6.54 Å². The van der Waals surface area contributed by atoms with Crippen molar-refractivity contribution < 1.29 is 5.11 Å². The van der Waals surface area contributed by atoms with E-state index in [1.165, 1.54) is 4.57 Å².